The Labute approximate surface area is 285 Å². The molecule has 0 spiro atoms. The maximum atomic E-state index is 12.2. The molecule has 1 aliphatic carbocycles. The first-order chi connectivity index (χ1) is 23.8. The van der Waals surface area contributed by atoms with E-state index < -0.39 is 6.09 Å². The van der Waals surface area contributed by atoms with Crippen molar-refractivity contribution in [2.45, 2.75) is 19.3 Å². The number of benzene rings is 2. The fourth-order valence-electron chi connectivity index (χ4n) is 4.92. The molecule has 3 rings (SSSR count). The monoisotopic (exact) mass is 677 g/mol. The molecular formula is C36H55NO11. The number of hydrogen-bond donors (Lipinski definition) is 1. The van der Waals surface area contributed by atoms with Gasteiger partial charge in [0, 0.05) is 25.7 Å². The number of amides is 1. The summed E-state index contributed by atoms with van der Waals surface area (Å²) in [6, 6.07) is 16.6. The zero-order chi connectivity index (χ0) is 33.7. The first kappa shape index (κ1) is 39.8. The van der Waals surface area contributed by atoms with Crippen molar-refractivity contribution in [3.63, 3.8) is 0 Å². The number of rotatable bonds is 31. The molecule has 0 aliphatic heterocycles. The second kappa shape index (κ2) is 27.2. The van der Waals surface area contributed by atoms with Gasteiger partial charge in [-0.3, -0.25) is 0 Å². The number of carbonyl (C=O) groups excluding carboxylic acids is 1. The maximum Gasteiger partial charge on any atom is 0.407 e. The predicted octanol–water partition coefficient (Wildman–Crippen LogP) is 4.08. The summed E-state index contributed by atoms with van der Waals surface area (Å²) >= 11 is 0. The molecule has 2 aromatic carbocycles. The largest absolute Gasteiger partial charge is 0.449 e. The van der Waals surface area contributed by atoms with Gasteiger partial charge in [0.05, 0.1) is 106 Å². The number of ether oxygens (including phenoxy) is 10. The lowest BCUT2D eigenvalue weighted by Gasteiger charge is -2.14. The van der Waals surface area contributed by atoms with Crippen LogP contribution < -0.4 is 5.32 Å². The summed E-state index contributed by atoms with van der Waals surface area (Å²) < 4.78 is 54.6. The molecule has 12 heteroatoms. The van der Waals surface area contributed by atoms with Crippen LogP contribution in [-0.2, 0) is 47.4 Å². The van der Waals surface area contributed by atoms with Crippen LogP contribution in [0.3, 0.4) is 0 Å². The van der Waals surface area contributed by atoms with Crippen LogP contribution in [0.15, 0.2) is 48.5 Å². The number of hydrogen-bond acceptors (Lipinski definition) is 11. The van der Waals surface area contributed by atoms with Gasteiger partial charge in [-0.2, -0.15) is 0 Å². The van der Waals surface area contributed by atoms with Crippen molar-refractivity contribution in [1.82, 2.24) is 5.32 Å². The van der Waals surface area contributed by atoms with E-state index in [2.05, 4.69) is 29.6 Å². The van der Waals surface area contributed by atoms with Crippen molar-refractivity contribution in [2.24, 2.45) is 0 Å². The summed E-state index contributed by atoms with van der Waals surface area (Å²) in [6.07, 6.45) is 0.277. The highest BCUT2D eigenvalue weighted by Crippen LogP contribution is 2.44. The molecule has 12 nitrogen and oxygen atoms in total. The van der Waals surface area contributed by atoms with Crippen molar-refractivity contribution in [2.75, 3.05) is 132 Å². The Kier molecular flexibility index (Phi) is 22.5. The summed E-state index contributed by atoms with van der Waals surface area (Å²) in [7, 11) is 0. The van der Waals surface area contributed by atoms with Gasteiger partial charge in [-0.05, 0) is 35.6 Å². The van der Waals surface area contributed by atoms with E-state index in [0.29, 0.717) is 138 Å². The molecule has 1 aliphatic rings. The predicted molar refractivity (Wildman–Crippen MR) is 181 cm³/mol. The quantitative estimate of drug-likeness (QED) is 0.116. The minimum absolute atomic E-state index is 0.0535. The standard InChI is InChI=1S/C36H55NO11/c1-2-39-14-15-41-18-19-43-22-23-45-26-27-47-29-28-46-25-24-44-21-20-42-17-16-40-13-7-12-37-36(38)48-30-35-33-10-5-3-8-31(33)32-9-4-6-11-34(32)35/h3-6,8-11,35H,2,7,12-30H2,1H3,(H,37,38). The fraction of sp³-hybridized carbons (Fsp3) is 0.639. The third kappa shape index (κ3) is 17.1. The SMILES string of the molecule is CCOCCOCCOCCOCCOCCOCCOCCOCCOCCCNC(=O)OCC1c2ccccc2-c2ccccc21. The number of nitrogens with one attached hydrogen (secondary N) is 1. The Morgan fingerprint density at radius 1 is 0.521 bits per heavy atom. The van der Waals surface area contributed by atoms with Crippen LogP contribution in [0.4, 0.5) is 4.79 Å². The molecule has 0 radical (unpaired) electrons. The average molecular weight is 678 g/mol. The molecule has 0 saturated heterocycles. The highest BCUT2D eigenvalue weighted by atomic mass is 16.6. The van der Waals surface area contributed by atoms with Crippen LogP contribution in [0.1, 0.15) is 30.4 Å². The van der Waals surface area contributed by atoms with Crippen LogP contribution in [0.25, 0.3) is 11.1 Å². The molecule has 0 fully saturated rings. The van der Waals surface area contributed by atoms with Gasteiger partial charge >= 0.3 is 6.09 Å². The van der Waals surface area contributed by atoms with E-state index in [4.69, 9.17) is 47.4 Å². The normalized spacial score (nSPS) is 12.3. The maximum absolute atomic E-state index is 12.2. The highest BCUT2D eigenvalue weighted by molar-refractivity contribution is 5.79. The summed E-state index contributed by atoms with van der Waals surface area (Å²) in [4.78, 5) is 12.2. The Bertz CT molecular complexity index is 1040. The molecule has 0 heterocycles. The molecule has 1 amide bonds. The van der Waals surface area contributed by atoms with Gasteiger partial charge in [0.1, 0.15) is 6.61 Å². The van der Waals surface area contributed by atoms with Gasteiger partial charge in [0.2, 0.25) is 0 Å². The number of carbonyl (C=O) groups is 1. The first-order valence-electron chi connectivity index (χ1n) is 17.1. The lowest BCUT2D eigenvalue weighted by atomic mass is 9.98. The fourth-order valence-corrected chi connectivity index (χ4v) is 4.92. The van der Waals surface area contributed by atoms with Crippen LogP contribution in [0, 0.1) is 0 Å². The van der Waals surface area contributed by atoms with Crippen LogP contribution in [-0.4, -0.2) is 138 Å². The van der Waals surface area contributed by atoms with E-state index in [9.17, 15) is 4.79 Å². The number of alkyl carbamates (subject to hydrolysis) is 1. The molecule has 1 N–H and O–H groups in total. The molecule has 0 saturated carbocycles. The van der Waals surface area contributed by atoms with Gasteiger partial charge in [0.25, 0.3) is 0 Å². The molecule has 0 bridgehead atoms. The lowest BCUT2D eigenvalue weighted by molar-refractivity contribution is -0.0248. The third-order valence-corrected chi connectivity index (χ3v) is 7.26. The average Bonchev–Trinajstić information content (AvgIpc) is 3.43. The van der Waals surface area contributed by atoms with Crippen LogP contribution in [0.5, 0.6) is 0 Å². The van der Waals surface area contributed by atoms with Gasteiger partial charge in [0.15, 0.2) is 0 Å². The molecule has 2 aromatic rings. The van der Waals surface area contributed by atoms with Gasteiger partial charge < -0.3 is 52.7 Å². The summed E-state index contributed by atoms with van der Waals surface area (Å²) in [5, 5.41) is 2.80. The van der Waals surface area contributed by atoms with Gasteiger partial charge in [-0.1, -0.05) is 48.5 Å². The van der Waals surface area contributed by atoms with E-state index in [1.54, 1.807) is 0 Å². The molecule has 48 heavy (non-hydrogen) atoms. The van der Waals surface area contributed by atoms with E-state index in [0.717, 1.165) is 0 Å². The van der Waals surface area contributed by atoms with Crippen molar-refractivity contribution >= 4 is 6.09 Å². The Hall–Kier alpha value is -2.65. The van der Waals surface area contributed by atoms with E-state index in [1.807, 2.05) is 31.2 Å². The summed E-state index contributed by atoms with van der Waals surface area (Å²) in [6.45, 7) is 12.3. The van der Waals surface area contributed by atoms with E-state index in [1.165, 1.54) is 22.3 Å². The van der Waals surface area contributed by atoms with Crippen LogP contribution in [0.2, 0.25) is 0 Å². The van der Waals surface area contributed by atoms with Crippen molar-refractivity contribution < 1.29 is 52.2 Å². The zero-order valence-electron chi connectivity index (χ0n) is 28.5. The smallest absolute Gasteiger partial charge is 0.407 e. The highest BCUT2D eigenvalue weighted by Gasteiger charge is 2.28. The minimum Gasteiger partial charge on any atom is -0.449 e. The lowest BCUT2D eigenvalue weighted by Crippen LogP contribution is -2.27. The van der Waals surface area contributed by atoms with Gasteiger partial charge in [-0.15, -0.1) is 0 Å². The van der Waals surface area contributed by atoms with Gasteiger partial charge in [-0.25, -0.2) is 4.79 Å². The summed E-state index contributed by atoms with van der Waals surface area (Å²) in [5.41, 5.74) is 4.82. The van der Waals surface area contributed by atoms with Crippen LogP contribution >= 0.6 is 0 Å². The van der Waals surface area contributed by atoms with Crippen molar-refractivity contribution in [3.8, 4) is 11.1 Å². The summed E-state index contributed by atoms with van der Waals surface area (Å²) in [5.74, 6) is 0.0535. The second-order valence-corrected chi connectivity index (χ2v) is 10.7. The minimum atomic E-state index is -0.412. The zero-order valence-corrected chi connectivity index (χ0v) is 28.5. The molecular weight excluding hydrogens is 622 g/mol. The Morgan fingerprint density at radius 2 is 0.875 bits per heavy atom. The molecule has 270 valence electrons. The number of fused-ring (bicyclic) bond motifs is 3. The molecule has 0 unspecified atom stereocenters. The topological polar surface area (TPSA) is 121 Å². The molecule has 0 aromatic heterocycles. The van der Waals surface area contributed by atoms with E-state index >= 15 is 0 Å². The van der Waals surface area contributed by atoms with E-state index in [-0.39, 0.29) is 5.92 Å². The Morgan fingerprint density at radius 3 is 1.27 bits per heavy atom. The Balaban J connectivity index is 0.986. The van der Waals surface area contributed by atoms with Crippen molar-refractivity contribution in [3.05, 3.63) is 59.7 Å². The second-order valence-electron chi connectivity index (χ2n) is 10.7. The third-order valence-electron chi connectivity index (χ3n) is 7.26. The molecule has 0 atom stereocenters. The van der Waals surface area contributed by atoms with Crippen molar-refractivity contribution in [1.29, 1.82) is 0 Å². The first-order valence-corrected chi connectivity index (χ1v) is 17.1.